The first kappa shape index (κ1) is 49.3. The van der Waals surface area contributed by atoms with Crippen molar-refractivity contribution in [3.05, 3.63) is 141 Å². The van der Waals surface area contributed by atoms with Gasteiger partial charge in [-0.3, -0.25) is 4.79 Å². The third kappa shape index (κ3) is 15.4. The summed E-state index contributed by atoms with van der Waals surface area (Å²) in [6, 6.07) is 24.2. The second-order valence-corrected chi connectivity index (χ2v) is 19.7. The van der Waals surface area contributed by atoms with Crippen LogP contribution in [0, 0.1) is 77.3 Å². The van der Waals surface area contributed by atoms with Gasteiger partial charge < -0.3 is 15.1 Å². The number of carbonyl (C=O) groups is 1. The summed E-state index contributed by atoms with van der Waals surface area (Å²) >= 11 is 0. The van der Waals surface area contributed by atoms with Gasteiger partial charge in [0.25, 0.3) is 0 Å². The molecule has 2 aromatic heterocycles. The van der Waals surface area contributed by atoms with E-state index in [2.05, 4.69) is 98.3 Å². The first-order chi connectivity index (χ1) is 34.1. The standard InChI is InChI=1S/2C24H26N.C13H21F3O2.Ir/c2*1-16-10-17(2)12-22(11-16)24-23-13-18(3)21(14-19-6-4-5-7-19)15-20(23)8-9-25-24;1-4-9(5-2)11(17)7-12(18)10(6-3)8-13(14,15)16;/h2*8-11,13,15,19H,4-7,14H2,1-3H3;7,9-10,18H,4-6,8H2,1-3H3;/q2*-1;;/b;;12-7-;/i2*8D,9D;;. The second-order valence-electron chi connectivity index (χ2n) is 19.7. The van der Waals surface area contributed by atoms with Crippen LogP contribution < -0.4 is 0 Å². The molecule has 1 radical (unpaired) electrons. The van der Waals surface area contributed by atoms with E-state index in [1.807, 2.05) is 27.7 Å². The summed E-state index contributed by atoms with van der Waals surface area (Å²) in [5.41, 5.74) is 13.0. The maximum atomic E-state index is 12.3. The summed E-state index contributed by atoms with van der Waals surface area (Å²) in [7, 11) is 0. The average molecular weight is 1120 g/mol. The Kier molecular flexibility index (Phi) is 18.2. The Morgan fingerprint density at radius 1 is 0.681 bits per heavy atom. The predicted octanol–water partition coefficient (Wildman–Crippen LogP) is 17.1. The molecule has 1 N–H and O–H groups in total. The van der Waals surface area contributed by atoms with Crippen LogP contribution in [0.15, 0.2) is 84.8 Å². The van der Waals surface area contributed by atoms with Crippen LogP contribution >= 0.6 is 0 Å². The zero-order valence-corrected chi connectivity index (χ0v) is 44.5. The molecule has 2 aliphatic rings. The molecular weight excluding hydrogens is 1040 g/mol. The number of alkyl halides is 3. The Labute approximate surface area is 430 Å². The molecule has 0 bridgehead atoms. The predicted molar refractivity (Wildman–Crippen MR) is 276 cm³/mol. The number of rotatable bonds is 13. The molecule has 0 saturated heterocycles. The summed E-state index contributed by atoms with van der Waals surface area (Å²) in [5, 5.41) is 13.2. The van der Waals surface area contributed by atoms with Gasteiger partial charge in [0, 0.05) is 50.4 Å². The second kappa shape index (κ2) is 25.5. The molecular formula is C61H73F3IrN2O2-2. The van der Waals surface area contributed by atoms with E-state index in [-0.39, 0.29) is 62.7 Å². The molecule has 8 rings (SSSR count). The zero-order chi connectivity index (χ0) is 52.6. The SMILES string of the molecule is CCC(CC)C(=O)/C=C(\O)C(CC)CC(F)(F)F.[2H]c1nc(-c2[c-]c(C)cc(C)c2)c2cc(C)c(CC3CCCC3)cc2c1[2H].[2H]c1nc(-c2[c-]c(C)cc(C)c2)c2cc(C)c(CC3CCCC3)cc2c1[2H].[Ir]. The molecule has 0 aliphatic heterocycles. The van der Waals surface area contributed by atoms with Crippen LogP contribution in [-0.4, -0.2) is 27.0 Å². The minimum atomic E-state index is -4.33. The Balaban J connectivity index is 0.000000207. The molecule has 4 aromatic carbocycles. The number of nitrogens with zero attached hydrogens (tertiary/aromatic N) is 2. The molecule has 8 heteroatoms. The monoisotopic (exact) mass is 1120 g/mol. The molecule has 6 aromatic rings. The van der Waals surface area contributed by atoms with E-state index in [0.717, 1.165) is 97.1 Å². The van der Waals surface area contributed by atoms with Crippen molar-refractivity contribution in [3.63, 3.8) is 0 Å². The molecule has 0 amide bonds. The van der Waals surface area contributed by atoms with Crippen LogP contribution in [0.5, 0.6) is 0 Å². The van der Waals surface area contributed by atoms with Gasteiger partial charge in [0.15, 0.2) is 5.78 Å². The van der Waals surface area contributed by atoms with Crippen molar-refractivity contribution in [2.24, 2.45) is 23.7 Å². The average Bonchev–Trinajstić information content (AvgIpc) is 4.04. The Morgan fingerprint density at radius 3 is 1.45 bits per heavy atom. The third-order valence-corrected chi connectivity index (χ3v) is 14.0. The van der Waals surface area contributed by atoms with Gasteiger partial charge in [-0.2, -0.15) is 13.2 Å². The molecule has 0 spiro atoms. The Hall–Kier alpha value is -4.65. The number of aliphatic hydroxyl groups is 1. The number of hydrogen-bond acceptors (Lipinski definition) is 4. The van der Waals surface area contributed by atoms with Crippen molar-refractivity contribution >= 4 is 27.3 Å². The quantitative estimate of drug-likeness (QED) is 0.0711. The molecule has 2 heterocycles. The Bertz CT molecular complexity index is 2710. The van der Waals surface area contributed by atoms with Crippen LogP contribution in [0.4, 0.5) is 13.2 Å². The number of aliphatic hydroxyl groups excluding tert-OH is 1. The summed E-state index contributed by atoms with van der Waals surface area (Å²) in [6.45, 7) is 17.8. The smallest absolute Gasteiger partial charge is 0.389 e. The number of fused-ring (bicyclic) bond motifs is 2. The van der Waals surface area contributed by atoms with E-state index >= 15 is 0 Å². The van der Waals surface area contributed by atoms with Crippen LogP contribution in [0.1, 0.15) is 148 Å². The number of hydrogen-bond donors (Lipinski definition) is 1. The molecule has 1 atom stereocenters. The van der Waals surface area contributed by atoms with Gasteiger partial charge in [-0.25, -0.2) is 0 Å². The number of carbonyl (C=O) groups excluding carboxylic acids is 1. The largest absolute Gasteiger partial charge is 0.512 e. The molecule has 2 saturated carbocycles. The van der Waals surface area contributed by atoms with Crippen LogP contribution in [0.2, 0.25) is 0 Å². The van der Waals surface area contributed by atoms with Crippen LogP contribution in [-0.2, 0) is 37.7 Å². The number of benzene rings is 4. The third-order valence-electron chi connectivity index (χ3n) is 14.0. The summed E-state index contributed by atoms with van der Waals surface area (Å²) in [4.78, 5) is 20.6. The number of pyridine rings is 2. The van der Waals surface area contributed by atoms with E-state index in [0.29, 0.717) is 12.8 Å². The first-order valence-corrected chi connectivity index (χ1v) is 24.9. The van der Waals surface area contributed by atoms with Crippen molar-refractivity contribution in [2.75, 3.05) is 0 Å². The van der Waals surface area contributed by atoms with Gasteiger partial charge >= 0.3 is 6.18 Å². The maximum Gasteiger partial charge on any atom is 0.389 e. The van der Waals surface area contributed by atoms with E-state index in [9.17, 15) is 23.1 Å². The van der Waals surface area contributed by atoms with Gasteiger partial charge in [0.1, 0.15) is 0 Å². The number of aromatic nitrogens is 2. The van der Waals surface area contributed by atoms with Crippen molar-refractivity contribution in [1.82, 2.24) is 9.97 Å². The fourth-order valence-corrected chi connectivity index (χ4v) is 10.3. The Morgan fingerprint density at radius 2 is 1.09 bits per heavy atom. The molecule has 2 fully saturated rings. The van der Waals surface area contributed by atoms with Gasteiger partial charge in [-0.05, 0) is 125 Å². The van der Waals surface area contributed by atoms with Crippen LogP contribution in [0.25, 0.3) is 44.1 Å². The van der Waals surface area contributed by atoms with E-state index in [1.165, 1.54) is 73.6 Å². The molecule has 1 unspecified atom stereocenters. The van der Waals surface area contributed by atoms with Crippen molar-refractivity contribution in [3.8, 4) is 22.5 Å². The van der Waals surface area contributed by atoms with Gasteiger partial charge in [-0.15, -0.1) is 69.8 Å². The van der Waals surface area contributed by atoms with Crippen molar-refractivity contribution in [2.45, 2.75) is 158 Å². The summed E-state index contributed by atoms with van der Waals surface area (Å²) in [6.07, 6.45) is 9.81. The van der Waals surface area contributed by atoms with E-state index in [4.69, 9.17) is 5.48 Å². The van der Waals surface area contributed by atoms with Gasteiger partial charge in [0.05, 0.1) is 17.7 Å². The van der Waals surface area contributed by atoms with Crippen LogP contribution in [0.3, 0.4) is 0 Å². The maximum absolute atomic E-state index is 12.3. The minimum Gasteiger partial charge on any atom is -0.512 e. The topological polar surface area (TPSA) is 63.1 Å². The number of ketones is 1. The summed E-state index contributed by atoms with van der Waals surface area (Å²) in [5.74, 6) is -0.469. The van der Waals surface area contributed by atoms with Gasteiger partial charge in [-0.1, -0.05) is 124 Å². The van der Waals surface area contributed by atoms with Gasteiger partial charge in [0.2, 0.25) is 0 Å². The van der Waals surface area contributed by atoms with Crippen molar-refractivity contribution < 1.29 is 48.7 Å². The normalized spacial score (nSPS) is 15.7. The number of allylic oxidation sites excluding steroid dienone is 2. The number of halogens is 3. The minimum absolute atomic E-state index is 0. The molecule has 69 heavy (non-hydrogen) atoms. The van der Waals surface area contributed by atoms with E-state index < -0.39 is 24.3 Å². The van der Waals surface area contributed by atoms with E-state index in [1.54, 1.807) is 6.92 Å². The van der Waals surface area contributed by atoms with Crippen molar-refractivity contribution in [1.29, 1.82) is 0 Å². The molecule has 4 nitrogen and oxygen atoms in total. The fourth-order valence-electron chi connectivity index (χ4n) is 10.3. The fraction of sp³-hybridized carbons (Fsp3) is 0.459. The summed E-state index contributed by atoms with van der Waals surface area (Å²) < 4.78 is 70.1. The first-order valence-electron chi connectivity index (χ1n) is 26.9. The zero-order valence-electron chi connectivity index (χ0n) is 46.1. The molecule has 2 aliphatic carbocycles. The number of aryl methyl sites for hydroxylation is 6. The molecule has 371 valence electrons.